The monoisotopic (exact) mass is 286 g/mol. The highest BCUT2D eigenvalue weighted by atomic mass is 16.3. The van der Waals surface area contributed by atoms with Gasteiger partial charge in [0.2, 0.25) is 0 Å². The van der Waals surface area contributed by atoms with Crippen molar-refractivity contribution in [3.8, 4) is 11.5 Å². The van der Waals surface area contributed by atoms with Crippen molar-refractivity contribution in [2.45, 2.75) is 13.5 Å². The standard InChI is InChI=1S/C16H18N2O3/c1-2-17-16(21)11-5-3-7-13(9-11)18-10-12-6-4-8-14(19)15(12)20/h3-9,18-20H,2,10H2,1H3,(H,17,21). The second kappa shape index (κ2) is 6.65. The molecule has 0 aliphatic rings. The number of carbonyl (C=O) groups is 1. The van der Waals surface area contributed by atoms with Gasteiger partial charge in [0.05, 0.1) is 0 Å². The zero-order chi connectivity index (χ0) is 15.2. The molecule has 0 spiro atoms. The first-order chi connectivity index (χ1) is 10.1. The molecule has 21 heavy (non-hydrogen) atoms. The van der Waals surface area contributed by atoms with Gasteiger partial charge >= 0.3 is 0 Å². The largest absolute Gasteiger partial charge is 0.504 e. The lowest BCUT2D eigenvalue weighted by molar-refractivity contribution is 0.0956. The predicted molar refractivity (Wildman–Crippen MR) is 81.5 cm³/mol. The van der Waals surface area contributed by atoms with Gasteiger partial charge in [0.1, 0.15) is 0 Å². The second-order valence-electron chi connectivity index (χ2n) is 4.58. The number of phenolic OH excluding ortho intramolecular Hbond substituents is 2. The lowest BCUT2D eigenvalue weighted by Crippen LogP contribution is -2.22. The average Bonchev–Trinajstić information content (AvgIpc) is 2.49. The first-order valence-electron chi connectivity index (χ1n) is 6.73. The zero-order valence-electron chi connectivity index (χ0n) is 11.8. The highest BCUT2D eigenvalue weighted by molar-refractivity contribution is 5.95. The van der Waals surface area contributed by atoms with Gasteiger partial charge < -0.3 is 20.8 Å². The Morgan fingerprint density at radius 3 is 2.67 bits per heavy atom. The number of rotatable bonds is 5. The van der Waals surface area contributed by atoms with E-state index in [2.05, 4.69) is 10.6 Å². The minimum atomic E-state index is -0.148. The summed E-state index contributed by atoms with van der Waals surface area (Å²) < 4.78 is 0. The van der Waals surface area contributed by atoms with Gasteiger partial charge in [-0.3, -0.25) is 4.79 Å². The summed E-state index contributed by atoms with van der Waals surface area (Å²) in [6, 6.07) is 11.9. The van der Waals surface area contributed by atoms with Crippen LogP contribution in [0, 0.1) is 0 Å². The lowest BCUT2D eigenvalue weighted by Gasteiger charge is -2.10. The Balaban J connectivity index is 2.08. The van der Waals surface area contributed by atoms with E-state index in [0.717, 1.165) is 5.69 Å². The molecule has 0 radical (unpaired) electrons. The van der Waals surface area contributed by atoms with Crippen LogP contribution in [0.2, 0.25) is 0 Å². The molecule has 2 aromatic rings. The zero-order valence-corrected chi connectivity index (χ0v) is 11.8. The van der Waals surface area contributed by atoms with Gasteiger partial charge in [0.15, 0.2) is 11.5 Å². The van der Waals surface area contributed by atoms with Crippen LogP contribution < -0.4 is 10.6 Å². The van der Waals surface area contributed by atoms with Gasteiger partial charge in [-0.15, -0.1) is 0 Å². The third-order valence-corrected chi connectivity index (χ3v) is 3.04. The normalized spacial score (nSPS) is 10.1. The molecule has 110 valence electrons. The maximum atomic E-state index is 11.8. The number of hydrogen-bond donors (Lipinski definition) is 4. The third kappa shape index (κ3) is 3.66. The van der Waals surface area contributed by atoms with E-state index in [9.17, 15) is 15.0 Å². The first-order valence-corrected chi connectivity index (χ1v) is 6.73. The van der Waals surface area contributed by atoms with Gasteiger partial charge in [-0.2, -0.15) is 0 Å². The molecule has 0 aromatic heterocycles. The van der Waals surface area contributed by atoms with E-state index in [1.54, 1.807) is 30.3 Å². The Labute approximate surface area is 123 Å². The van der Waals surface area contributed by atoms with Crippen LogP contribution in [0.15, 0.2) is 42.5 Å². The summed E-state index contributed by atoms with van der Waals surface area (Å²) >= 11 is 0. The Bertz CT molecular complexity index is 641. The molecule has 4 N–H and O–H groups in total. The fourth-order valence-corrected chi connectivity index (χ4v) is 1.95. The number of amides is 1. The molecular formula is C16H18N2O3. The summed E-state index contributed by atoms with van der Waals surface area (Å²) in [5, 5.41) is 25.0. The van der Waals surface area contributed by atoms with E-state index in [-0.39, 0.29) is 17.4 Å². The second-order valence-corrected chi connectivity index (χ2v) is 4.58. The molecule has 0 heterocycles. The number of para-hydroxylation sites is 1. The van der Waals surface area contributed by atoms with Gasteiger partial charge in [0.25, 0.3) is 5.91 Å². The smallest absolute Gasteiger partial charge is 0.251 e. The van der Waals surface area contributed by atoms with E-state index in [0.29, 0.717) is 24.2 Å². The summed E-state index contributed by atoms with van der Waals surface area (Å²) in [5.74, 6) is -0.406. The highest BCUT2D eigenvalue weighted by Gasteiger charge is 2.07. The molecule has 2 aromatic carbocycles. The minimum absolute atomic E-state index is 0.124. The molecule has 0 saturated heterocycles. The molecule has 0 aliphatic carbocycles. The summed E-state index contributed by atoms with van der Waals surface area (Å²) in [4.78, 5) is 11.8. The molecule has 0 saturated carbocycles. The van der Waals surface area contributed by atoms with E-state index in [4.69, 9.17) is 0 Å². The molecule has 0 atom stereocenters. The van der Waals surface area contributed by atoms with Crippen LogP contribution >= 0.6 is 0 Å². The molecule has 0 fully saturated rings. The van der Waals surface area contributed by atoms with Crippen LogP contribution in [0.1, 0.15) is 22.8 Å². The van der Waals surface area contributed by atoms with E-state index in [1.165, 1.54) is 6.07 Å². The van der Waals surface area contributed by atoms with Crippen molar-refractivity contribution < 1.29 is 15.0 Å². The number of benzene rings is 2. The van der Waals surface area contributed by atoms with E-state index < -0.39 is 0 Å². The first kappa shape index (κ1) is 14.7. The summed E-state index contributed by atoms with van der Waals surface area (Å²) in [5.41, 5.74) is 1.92. The molecule has 0 aliphatic heterocycles. The predicted octanol–water partition coefficient (Wildman–Crippen LogP) is 2.46. The fraction of sp³-hybridized carbons (Fsp3) is 0.188. The van der Waals surface area contributed by atoms with Crippen molar-refractivity contribution in [3.63, 3.8) is 0 Å². The van der Waals surface area contributed by atoms with Gasteiger partial charge in [0, 0.05) is 29.9 Å². The Kier molecular flexibility index (Phi) is 4.66. The number of hydrogen-bond acceptors (Lipinski definition) is 4. The van der Waals surface area contributed by atoms with Crippen LogP contribution in [0.5, 0.6) is 11.5 Å². The molecule has 0 bridgehead atoms. The van der Waals surface area contributed by atoms with Crippen LogP contribution in [-0.2, 0) is 6.54 Å². The number of aromatic hydroxyl groups is 2. The molecule has 5 heteroatoms. The molecule has 0 unspecified atom stereocenters. The average molecular weight is 286 g/mol. The maximum Gasteiger partial charge on any atom is 0.251 e. The maximum absolute atomic E-state index is 11.8. The van der Waals surface area contributed by atoms with Crippen LogP contribution in [0.3, 0.4) is 0 Å². The van der Waals surface area contributed by atoms with Gasteiger partial charge in [-0.1, -0.05) is 18.2 Å². The number of anilines is 1. The molecule has 1 amide bonds. The van der Waals surface area contributed by atoms with Crippen molar-refractivity contribution in [2.24, 2.45) is 0 Å². The SMILES string of the molecule is CCNC(=O)c1cccc(NCc2cccc(O)c2O)c1. The van der Waals surface area contributed by atoms with Crippen LogP contribution in [0.25, 0.3) is 0 Å². The molecular weight excluding hydrogens is 268 g/mol. The van der Waals surface area contributed by atoms with Crippen molar-refractivity contribution >= 4 is 11.6 Å². The summed E-state index contributed by atoms with van der Waals surface area (Å²) in [6.07, 6.45) is 0. The minimum Gasteiger partial charge on any atom is -0.504 e. The fourth-order valence-electron chi connectivity index (χ4n) is 1.95. The van der Waals surface area contributed by atoms with Crippen LogP contribution in [-0.4, -0.2) is 22.7 Å². The summed E-state index contributed by atoms with van der Waals surface area (Å²) in [6.45, 7) is 2.79. The van der Waals surface area contributed by atoms with E-state index >= 15 is 0 Å². The topological polar surface area (TPSA) is 81.6 Å². The lowest BCUT2D eigenvalue weighted by atomic mass is 10.1. The Hall–Kier alpha value is -2.69. The van der Waals surface area contributed by atoms with E-state index in [1.807, 2.05) is 13.0 Å². The summed E-state index contributed by atoms with van der Waals surface area (Å²) in [7, 11) is 0. The third-order valence-electron chi connectivity index (χ3n) is 3.04. The Morgan fingerprint density at radius 2 is 1.90 bits per heavy atom. The van der Waals surface area contributed by atoms with Crippen LogP contribution in [0.4, 0.5) is 5.69 Å². The van der Waals surface area contributed by atoms with Gasteiger partial charge in [-0.05, 0) is 31.2 Å². The highest BCUT2D eigenvalue weighted by Crippen LogP contribution is 2.28. The van der Waals surface area contributed by atoms with Crippen molar-refractivity contribution in [1.29, 1.82) is 0 Å². The number of carbonyl (C=O) groups excluding carboxylic acids is 1. The number of nitrogens with one attached hydrogen (secondary N) is 2. The molecule has 2 rings (SSSR count). The van der Waals surface area contributed by atoms with Crippen molar-refractivity contribution in [3.05, 3.63) is 53.6 Å². The Morgan fingerprint density at radius 1 is 1.14 bits per heavy atom. The quantitative estimate of drug-likeness (QED) is 0.636. The number of phenols is 2. The molecule has 5 nitrogen and oxygen atoms in total. The van der Waals surface area contributed by atoms with Crippen molar-refractivity contribution in [1.82, 2.24) is 5.32 Å². The van der Waals surface area contributed by atoms with Crippen molar-refractivity contribution in [2.75, 3.05) is 11.9 Å². The van der Waals surface area contributed by atoms with Gasteiger partial charge in [-0.25, -0.2) is 0 Å².